The van der Waals surface area contributed by atoms with Gasteiger partial charge in [-0.1, -0.05) is 0 Å². The lowest BCUT2D eigenvalue weighted by molar-refractivity contribution is -0.145. The minimum absolute atomic E-state index is 0.520. The van der Waals surface area contributed by atoms with Crippen LogP contribution in [0, 0.1) is 6.92 Å². The van der Waals surface area contributed by atoms with Crippen LogP contribution in [0.2, 0.25) is 0 Å². The van der Waals surface area contributed by atoms with Gasteiger partial charge in [-0.2, -0.15) is 0 Å². The number of carbonyl (C=O) groups excluding carboxylic acids is 2. The molecule has 1 unspecified atom stereocenters. The van der Waals surface area contributed by atoms with Crippen LogP contribution in [0.25, 0.3) is 6.08 Å². The number of aryl methyl sites for hydroxylation is 1. The number of hydrogen-bond donors (Lipinski definition) is 2. The topological polar surface area (TPSA) is 88.8 Å². The smallest absolute Gasteiger partial charge is 0.330 e. The highest BCUT2D eigenvalue weighted by Crippen LogP contribution is 2.07. The zero-order chi connectivity index (χ0) is 13.5. The third-order valence-electron chi connectivity index (χ3n) is 2.14. The molecule has 18 heavy (non-hydrogen) atoms. The Morgan fingerprint density at radius 3 is 2.78 bits per heavy atom. The maximum absolute atomic E-state index is 11.5. The van der Waals surface area contributed by atoms with Gasteiger partial charge in [-0.05, 0) is 25.1 Å². The van der Waals surface area contributed by atoms with Gasteiger partial charge in [-0.3, -0.25) is 4.79 Å². The number of methoxy groups -OCH3 is 1. The Balaban J connectivity index is 2.55. The first-order chi connectivity index (χ1) is 8.56. The quantitative estimate of drug-likeness (QED) is 0.580. The van der Waals surface area contributed by atoms with Crippen LogP contribution >= 0.6 is 0 Å². The van der Waals surface area contributed by atoms with Crippen molar-refractivity contribution in [2.24, 2.45) is 0 Å². The zero-order valence-corrected chi connectivity index (χ0v) is 10.2. The van der Waals surface area contributed by atoms with Crippen LogP contribution in [-0.4, -0.2) is 36.7 Å². The van der Waals surface area contributed by atoms with Crippen molar-refractivity contribution in [3.63, 3.8) is 0 Å². The van der Waals surface area contributed by atoms with Gasteiger partial charge in [0.2, 0.25) is 5.91 Å². The lowest BCUT2D eigenvalue weighted by Gasteiger charge is -2.11. The van der Waals surface area contributed by atoms with E-state index in [4.69, 9.17) is 9.52 Å². The van der Waals surface area contributed by atoms with Crippen molar-refractivity contribution < 1.29 is 23.8 Å². The monoisotopic (exact) mass is 253 g/mol. The van der Waals surface area contributed by atoms with Gasteiger partial charge in [0.15, 0.2) is 6.04 Å². The first kappa shape index (κ1) is 14.0. The Morgan fingerprint density at radius 1 is 1.56 bits per heavy atom. The number of nitrogens with one attached hydrogen (secondary N) is 1. The molecule has 0 spiro atoms. The van der Waals surface area contributed by atoms with Crippen molar-refractivity contribution in [2.75, 3.05) is 13.7 Å². The molecule has 0 aliphatic rings. The van der Waals surface area contributed by atoms with Crippen molar-refractivity contribution in [3.05, 3.63) is 29.7 Å². The number of ether oxygens (including phenoxy) is 1. The second-order valence-electron chi connectivity index (χ2n) is 3.55. The number of rotatable bonds is 5. The van der Waals surface area contributed by atoms with Gasteiger partial charge < -0.3 is 19.6 Å². The van der Waals surface area contributed by atoms with Crippen molar-refractivity contribution >= 4 is 18.0 Å². The van der Waals surface area contributed by atoms with Crippen LogP contribution in [0.3, 0.4) is 0 Å². The maximum Gasteiger partial charge on any atom is 0.330 e. The standard InChI is InChI=1S/C12H15NO5/c1-8-3-4-9(18-8)5-6-11(15)13-10(7-14)12(16)17-2/h3-6,10,14H,7H2,1-2H3,(H,13,15)/b6-5+. The Hall–Kier alpha value is -2.08. The maximum atomic E-state index is 11.5. The van der Waals surface area contributed by atoms with E-state index in [1.54, 1.807) is 19.1 Å². The molecule has 0 radical (unpaired) electrons. The molecule has 0 saturated heterocycles. The highest BCUT2D eigenvalue weighted by Gasteiger charge is 2.19. The van der Waals surface area contributed by atoms with Gasteiger partial charge in [-0.25, -0.2) is 4.79 Å². The molecular formula is C12H15NO5. The first-order valence-corrected chi connectivity index (χ1v) is 5.30. The number of furan rings is 1. The van der Waals surface area contributed by atoms with E-state index in [2.05, 4.69) is 10.1 Å². The molecule has 1 heterocycles. The van der Waals surface area contributed by atoms with Gasteiger partial charge >= 0.3 is 5.97 Å². The normalized spacial score (nSPS) is 12.4. The predicted molar refractivity (Wildman–Crippen MR) is 63.5 cm³/mol. The lowest BCUT2D eigenvalue weighted by atomic mass is 10.3. The van der Waals surface area contributed by atoms with Crippen LogP contribution in [0.15, 0.2) is 22.6 Å². The van der Waals surface area contributed by atoms with E-state index in [1.165, 1.54) is 19.3 Å². The van der Waals surface area contributed by atoms with Gasteiger partial charge in [0.25, 0.3) is 0 Å². The number of hydrogen-bond acceptors (Lipinski definition) is 5. The summed E-state index contributed by atoms with van der Waals surface area (Å²) in [6.07, 6.45) is 2.68. The Bertz CT molecular complexity index is 449. The van der Waals surface area contributed by atoms with E-state index in [1.807, 2.05) is 0 Å². The molecular weight excluding hydrogens is 238 g/mol. The largest absolute Gasteiger partial charge is 0.467 e. The van der Waals surface area contributed by atoms with Crippen molar-refractivity contribution in [1.82, 2.24) is 5.32 Å². The SMILES string of the molecule is COC(=O)C(CO)NC(=O)/C=C/c1ccc(C)o1. The summed E-state index contributed by atoms with van der Waals surface area (Å²) in [7, 11) is 1.18. The molecule has 0 bridgehead atoms. The molecule has 6 heteroatoms. The molecule has 1 aromatic rings. The first-order valence-electron chi connectivity index (χ1n) is 5.30. The van der Waals surface area contributed by atoms with E-state index in [-0.39, 0.29) is 0 Å². The lowest BCUT2D eigenvalue weighted by Crippen LogP contribution is -2.43. The van der Waals surface area contributed by atoms with Crippen LogP contribution in [0.1, 0.15) is 11.5 Å². The molecule has 0 aliphatic heterocycles. The number of amides is 1. The second-order valence-corrected chi connectivity index (χ2v) is 3.55. The van der Waals surface area contributed by atoms with Crippen molar-refractivity contribution in [1.29, 1.82) is 0 Å². The highest BCUT2D eigenvalue weighted by atomic mass is 16.5. The highest BCUT2D eigenvalue weighted by molar-refractivity contribution is 5.94. The summed E-state index contributed by atoms with van der Waals surface area (Å²) < 4.78 is 9.64. The number of aliphatic hydroxyl groups excluding tert-OH is 1. The summed E-state index contributed by atoms with van der Waals surface area (Å²) in [6, 6.07) is 2.41. The molecule has 6 nitrogen and oxygen atoms in total. The fourth-order valence-corrected chi connectivity index (χ4v) is 1.24. The summed E-state index contributed by atoms with van der Waals surface area (Å²) in [5.74, 6) is 0.0423. The number of carbonyl (C=O) groups is 2. The van der Waals surface area contributed by atoms with Gasteiger partial charge in [0, 0.05) is 6.08 Å². The molecule has 0 saturated carbocycles. The van der Waals surface area contributed by atoms with Crippen LogP contribution < -0.4 is 5.32 Å². The Kier molecular flexibility index (Phi) is 5.13. The zero-order valence-electron chi connectivity index (χ0n) is 10.2. The van der Waals surface area contributed by atoms with Gasteiger partial charge in [0.1, 0.15) is 11.5 Å². The summed E-state index contributed by atoms with van der Waals surface area (Å²) in [6.45, 7) is 1.27. The molecule has 0 aromatic carbocycles. The molecule has 1 atom stereocenters. The summed E-state index contributed by atoms with van der Waals surface area (Å²) in [5, 5.41) is 11.2. The third-order valence-corrected chi connectivity index (χ3v) is 2.14. The second kappa shape index (κ2) is 6.61. The van der Waals surface area contributed by atoms with E-state index < -0.39 is 24.5 Å². The van der Waals surface area contributed by atoms with Crippen molar-refractivity contribution in [3.8, 4) is 0 Å². The molecule has 98 valence electrons. The summed E-state index contributed by atoms with van der Waals surface area (Å²) >= 11 is 0. The molecule has 1 aromatic heterocycles. The molecule has 1 rings (SSSR count). The Labute approximate surface area is 104 Å². The van der Waals surface area contributed by atoms with Gasteiger partial charge in [0.05, 0.1) is 13.7 Å². The number of esters is 1. The van der Waals surface area contributed by atoms with Crippen molar-refractivity contribution in [2.45, 2.75) is 13.0 Å². The fraction of sp³-hybridized carbons (Fsp3) is 0.333. The van der Waals surface area contributed by atoms with E-state index >= 15 is 0 Å². The number of aliphatic hydroxyl groups is 1. The van der Waals surface area contributed by atoms with Crippen LogP contribution in [-0.2, 0) is 14.3 Å². The van der Waals surface area contributed by atoms with E-state index in [9.17, 15) is 9.59 Å². The van der Waals surface area contributed by atoms with Crippen LogP contribution in [0.4, 0.5) is 0 Å². The molecule has 0 aliphatic carbocycles. The summed E-state index contributed by atoms with van der Waals surface area (Å²) in [5.41, 5.74) is 0. The predicted octanol–water partition coefficient (Wildman–Crippen LogP) is 0.251. The van der Waals surface area contributed by atoms with E-state index in [0.29, 0.717) is 5.76 Å². The van der Waals surface area contributed by atoms with Crippen LogP contribution in [0.5, 0.6) is 0 Å². The van der Waals surface area contributed by atoms with E-state index in [0.717, 1.165) is 5.76 Å². The summed E-state index contributed by atoms with van der Waals surface area (Å²) in [4.78, 5) is 22.6. The van der Waals surface area contributed by atoms with Gasteiger partial charge in [-0.15, -0.1) is 0 Å². The molecule has 2 N–H and O–H groups in total. The molecule has 0 fully saturated rings. The Morgan fingerprint density at radius 2 is 2.28 bits per heavy atom. The average molecular weight is 253 g/mol. The average Bonchev–Trinajstić information content (AvgIpc) is 2.78. The third kappa shape index (κ3) is 4.06. The molecule has 1 amide bonds. The fourth-order valence-electron chi connectivity index (χ4n) is 1.24. The minimum Gasteiger partial charge on any atom is -0.467 e. The minimum atomic E-state index is -1.06.